The smallest absolute Gasteiger partial charge is 0.263 e. The maximum Gasteiger partial charge on any atom is 0.263 e. The van der Waals surface area contributed by atoms with E-state index >= 15 is 0 Å². The van der Waals surface area contributed by atoms with Crippen molar-refractivity contribution in [2.75, 3.05) is 7.05 Å². The third-order valence-electron chi connectivity index (χ3n) is 3.36. The van der Waals surface area contributed by atoms with Crippen molar-refractivity contribution >= 4 is 22.7 Å². The molecule has 0 N–H and O–H groups in total. The van der Waals surface area contributed by atoms with Crippen LogP contribution in [0.3, 0.4) is 0 Å². The number of aryl methyl sites for hydroxylation is 2. The Morgan fingerprint density at radius 3 is 2.44 bits per heavy atom. The third-order valence-corrected chi connectivity index (χ3v) is 3.36. The van der Waals surface area contributed by atoms with Gasteiger partial charge in [-0.25, -0.2) is 0 Å². The lowest BCUT2D eigenvalue weighted by molar-refractivity contribution is 0.0693. The first-order chi connectivity index (χ1) is 8.50. The van der Waals surface area contributed by atoms with Crippen molar-refractivity contribution in [3.63, 3.8) is 0 Å². The molecule has 0 radical (unpaired) electrons. The van der Waals surface area contributed by atoms with E-state index in [1.54, 1.807) is 6.92 Å². The lowest BCUT2D eigenvalue weighted by Crippen LogP contribution is -2.24. The fraction of sp³-hybridized carbons (Fsp3) is 0.214. The summed E-state index contributed by atoms with van der Waals surface area (Å²) < 4.78 is 0. The standard InChI is InChI=1S/C14H12N2O2/c1-7-4-5-10-9(6-7)12-11(8(2)15-10)13(17)16(3)14(12)18/h4-6H,1-3H3. The van der Waals surface area contributed by atoms with E-state index in [1.165, 1.54) is 7.05 Å². The SMILES string of the molecule is Cc1ccc2nc(C)c3c(c2c1)C(=O)N(C)C3=O. The maximum absolute atomic E-state index is 12.2. The molecule has 4 nitrogen and oxygen atoms in total. The minimum atomic E-state index is -0.261. The van der Waals surface area contributed by atoms with E-state index in [9.17, 15) is 9.59 Å². The Balaban J connectivity index is 2.51. The van der Waals surface area contributed by atoms with Crippen molar-refractivity contribution in [2.45, 2.75) is 13.8 Å². The molecule has 4 heteroatoms. The second kappa shape index (κ2) is 3.38. The van der Waals surface area contributed by atoms with Gasteiger partial charge in [0.15, 0.2) is 0 Å². The normalized spacial score (nSPS) is 14.5. The van der Waals surface area contributed by atoms with E-state index in [0.29, 0.717) is 16.8 Å². The Morgan fingerprint density at radius 2 is 1.72 bits per heavy atom. The van der Waals surface area contributed by atoms with E-state index < -0.39 is 0 Å². The summed E-state index contributed by atoms with van der Waals surface area (Å²) in [6.07, 6.45) is 0. The van der Waals surface area contributed by atoms with E-state index in [2.05, 4.69) is 4.98 Å². The van der Waals surface area contributed by atoms with Gasteiger partial charge in [0.05, 0.1) is 22.3 Å². The van der Waals surface area contributed by atoms with Gasteiger partial charge in [0.1, 0.15) is 0 Å². The second-order valence-electron chi connectivity index (χ2n) is 4.64. The van der Waals surface area contributed by atoms with E-state index in [1.807, 2.05) is 25.1 Å². The Hall–Kier alpha value is -2.23. The predicted octanol–water partition coefficient (Wildman–Crippen LogP) is 2.08. The highest BCUT2D eigenvalue weighted by molar-refractivity contribution is 6.26. The Morgan fingerprint density at radius 1 is 1.06 bits per heavy atom. The molecule has 1 aliphatic heterocycles. The molecule has 0 saturated heterocycles. The summed E-state index contributed by atoms with van der Waals surface area (Å²) in [7, 11) is 1.51. The largest absolute Gasteiger partial charge is 0.277 e. The zero-order chi connectivity index (χ0) is 13.0. The molecular weight excluding hydrogens is 228 g/mol. The van der Waals surface area contributed by atoms with Crippen LogP contribution >= 0.6 is 0 Å². The van der Waals surface area contributed by atoms with Crippen LogP contribution in [0.1, 0.15) is 32.0 Å². The summed E-state index contributed by atoms with van der Waals surface area (Å²) >= 11 is 0. The van der Waals surface area contributed by atoms with Gasteiger partial charge in [0.2, 0.25) is 0 Å². The highest BCUT2D eigenvalue weighted by Gasteiger charge is 2.36. The van der Waals surface area contributed by atoms with E-state index in [-0.39, 0.29) is 11.8 Å². The van der Waals surface area contributed by atoms with Gasteiger partial charge in [-0.3, -0.25) is 19.5 Å². The zero-order valence-corrected chi connectivity index (χ0v) is 10.4. The lowest BCUT2D eigenvalue weighted by atomic mass is 10.0. The number of nitrogens with zero attached hydrogens (tertiary/aromatic N) is 2. The number of benzene rings is 1. The summed E-state index contributed by atoms with van der Waals surface area (Å²) in [5.41, 5.74) is 3.36. The molecule has 0 fully saturated rings. The number of hydrogen-bond acceptors (Lipinski definition) is 3. The number of aromatic nitrogens is 1. The van der Waals surface area contributed by atoms with Crippen LogP contribution in [0, 0.1) is 13.8 Å². The number of carbonyl (C=O) groups is 2. The highest BCUT2D eigenvalue weighted by Crippen LogP contribution is 2.30. The topological polar surface area (TPSA) is 50.3 Å². The average molecular weight is 240 g/mol. The molecule has 2 heterocycles. The fourth-order valence-electron chi connectivity index (χ4n) is 2.41. The average Bonchev–Trinajstić information content (AvgIpc) is 2.56. The minimum absolute atomic E-state index is 0.240. The first-order valence-corrected chi connectivity index (χ1v) is 5.74. The van der Waals surface area contributed by atoms with Crippen LogP contribution in [-0.4, -0.2) is 28.7 Å². The van der Waals surface area contributed by atoms with Crippen LogP contribution in [0.15, 0.2) is 18.2 Å². The number of fused-ring (bicyclic) bond motifs is 3. The molecule has 90 valence electrons. The van der Waals surface area contributed by atoms with Gasteiger partial charge in [-0.05, 0) is 26.0 Å². The molecular formula is C14H12N2O2. The minimum Gasteiger partial charge on any atom is -0.277 e. The van der Waals surface area contributed by atoms with Gasteiger partial charge < -0.3 is 0 Å². The molecule has 18 heavy (non-hydrogen) atoms. The number of pyridine rings is 1. The van der Waals surface area contributed by atoms with Crippen molar-refractivity contribution in [1.29, 1.82) is 0 Å². The Labute approximate surface area is 104 Å². The van der Waals surface area contributed by atoms with Crippen LogP contribution in [0.4, 0.5) is 0 Å². The van der Waals surface area contributed by atoms with Crippen LogP contribution in [0.25, 0.3) is 10.9 Å². The summed E-state index contributed by atoms with van der Waals surface area (Å²) in [6.45, 7) is 3.72. The molecule has 0 atom stereocenters. The van der Waals surface area contributed by atoms with E-state index in [0.717, 1.165) is 21.4 Å². The number of rotatable bonds is 0. The van der Waals surface area contributed by atoms with Crippen LogP contribution < -0.4 is 0 Å². The number of hydrogen-bond donors (Lipinski definition) is 0. The van der Waals surface area contributed by atoms with Gasteiger partial charge in [0, 0.05) is 12.4 Å². The number of imide groups is 1. The first-order valence-electron chi connectivity index (χ1n) is 5.74. The number of carbonyl (C=O) groups excluding carboxylic acids is 2. The second-order valence-corrected chi connectivity index (χ2v) is 4.64. The van der Waals surface area contributed by atoms with Crippen LogP contribution in [0.2, 0.25) is 0 Å². The predicted molar refractivity (Wildman–Crippen MR) is 67.6 cm³/mol. The quantitative estimate of drug-likeness (QED) is 0.662. The van der Waals surface area contributed by atoms with E-state index in [4.69, 9.17) is 0 Å². The maximum atomic E-state index is 12.2. The van der Waals surface area contributed by atoms with Crippen LogP contribution in [-0.2, 0) is 0 Å². The van der Waals surface area contributed by atoms with Crippen molar-refractivity contribution in [2.24, 2.45) is 0 Å². The molecule has 1 aromatic heterocycles. The van der Waals surface area contributed by atoms with Crippen molar-refractivity contribution in [3.05, 3.63) is 40.6 Å². The van der Waals surface area contributed by atoms with Gasteiger partial charge in [-0.15, -0.1) is 0 Å². The Kier molecular flexibility index (Phi) is 2.05. The molecule has 1 aromatic carbocycles. The summed E-state index contributed by atoms with van der Waals surface area (Å²) in [5, 5.41) is 0.762. The molecule has 2 amide bonds. The summed E-state index contributed by atoms with van der Waals surface area (Å²) in [4.78, 5) is 29.7. The first kappa shape index (κ1) is 10.9. The fourth-order valence-corrected chi connectivity index (χ4v) is 2.41. The van der Waals surface area contributed by atoms with Crippen molar-refractivity contribution in [3.8, 4) is 0 Å². The molecule has 0 unspecified atom stereocenters. The number of amides is 2. The molecule has 0 spiro atoms. The van der Waals surface area contributed by atoms with Gasteiger partial charge in [0.25, 0.3) is 11.8 Å². The molecule has 3 rings (SSSR count). The molecule has 0 aliphatic carbocycles. The molecule has 2 aromatic rings. The molecule has 0 saturated carbocycles. The molecule has 1 aliphatic rings. The Bertz CT molecular complexity index is 719. The third kappa shape index (κ3) is 1.23. The van der Waals surface area contributed by atoms with Crippen molar-refractivity contribution in [1.82, 2.24) is 9.88 Å². The highest BCUT2D eigenvalue weighted by atomic mass is 16.2. The monoisotopic (exact) mass is 240 g/mol. The van der Waals surface area contributed by atoms with Gasteiger partial charge in [-0.2, -0.15) is 0 Å². The summed E-state index contributed by atoms with van der Waals surface area (Å²) in [6, 6.07) is 5.74. The van der Waals surface area contributed by atoms with Gasteiger partial charge >= 0.3 is 0 Å². The van der Waals surface area contributed by atoms with Crippen LogP contribution in [0.5, 0.6) is 0 Å². The zero-order valence-electron chi connectivity index (χ0n) is 10.4. The summed E-state index contributed by atoms with van der Waals surface area (Å²) in [5.74, 6) is -0.500. The van der Waals surface area contributed by atoms with Gasteiger partial charge in [-0.1, -0.05) is 11.6 Å². The molecule has 0 bridgehead atoms. The lowest BCUT2D eigenvalue weighted by Gasteiger charge is -2.05. The van der Waals surface area contributed by atoms with Crippen molar-refractivity contribution < 1.29 is 9.59 Å².